The molecule has 2 aliphatic rings. The Bertz CT molecular complexity index is 584. The van der Waals surface area contributed by atoms with E-state index in [1.165, 1.54) is 4.90 Å². The van der Waals surface area contributed by atoms with Gasteiger partial charge in [-0.2, -0.15) is 0 Å². The molecule has 3 rings (SSSR count). The fourth-order valence-electron chi connectivity index (χ4n) is 2.77. The van der Waals surface area contributed by atoms with E-state index in [1.807, 2.05) is 29.3 Å². The molecule has 23 heavy (non-hydrogen) atoms. The van der Waals surface area contributed by atoms with Gasteiger partial charge in [-0.15, -0.1) is 0 Å². The predicted octanol–water partition coefficient (Wildman–Crippen LogP) is 0.0807. The number of likely N-dealkylation sites (N-methyl/N-ethyl adjacent to an activating group) is 1. The van der Waals surface area contributed by atoms with E-state index >= 15 is 0 Å². The summed E-state index contributed by atoms with van der Waals surface area (Å²) in [6.07, 6.45) is 0.274. The molecule has 1 saturated heterocycles. The molecule has 1 fully saturated rings. The largest absolute Gasteiger partial charge is 0.491 e. The molecule has 0 aliphatic carbocycles. The second-order valence-corrected chi connectivity index (χ2v) is 5.87. The number of rotatable bonds is 3. The molecular weight excluding hydrogens is 296 g/mol. The SMILES string of the molecule is CN1CCN(NC(=O)CN2C(=O)CCOc3ccccc32)CC1. The van der Waals surface area contributed by atoms with Crippen molar-refractivity contribution in [3.63, 3.8) is 0 Å². The van der Waals surface area contributed by atoms with Gasteiger partial charge in [-0.3, -0.25) is 19.9 Å². The Balaban J connectivity index is 1.66. The average Bonchev–Trinajstić information content (AvgIpc) is 2.70. The molecule has 124 valence electrons. The number of hydrazine groups is 1. The van der Waals surface area contributed by atoms with E-state index in [2.05, 4.69) is 17.4 Å². The smallest absolute Gasteiger partial charge is 0.254 e. The van der Waals surface area contributed by atoms with Gasteiger partial charge in [0, 0.05) is 26.2 Å². The average molecular weight is 318 g/mol. The number of anilines is 1. The molecule has 1 N–H and O–H groups in total. The van der Waals surface area contributed by atoms with Gasteiger partial charge >= 0.3 is 0 Å². The molecule has 0 atom stereocenters. The summed E-state index contributed by atoms with van der Waals surface area (Å²) in [6, 6.07) is 7.32. The van der Waals surface area contributed by atoms with Crippen molar-refractivity contribution in [1.29, 1.82) is 0 Å². The molecule has 0 radical (unpaired) electrons. The predicted molar refractivity (Wildman–Crippen MR) is 86.1 cm³/mol. The zero-order chi connectivity index (χ0) is 16.2. The van der Waals surface area contributed by atoms with E-state index in [1.54, 1.807) is 0 Å². The van der Waals surface area contributed by atoms with Crippen LogP contribution in [0.4, 0.5) is 5.69 Å². The van der Waals surface area contributed by atoms with Crippen LogP contribution in [-0.2, 0) is 9.59 Å². The van der Waals surface area contributed by atoms with Crippen molar-refractivity contribution in [2.75, 3.05) is 51.3 Å². The Kier molecular flexibility index (Phi) is 4.78. The van der Waals surface area contributed by atoms with Crippen molar-refractivity contribution in [2.24, 2.45) is 0 Å². The van der Waals surface area contributed by atoms with E-state index < -0.39 is 0 Å². The highest BCUT2D eigenvalue weighted by Gasteiger charge is 2.26. The lowest BCUT2D eigenvalue weighted by Crippen LogP contribution is -2.54. The van der Waals surface area contributed by atoms with Gasteiger partial charge in [0.1, 0.15) is 12.3 Å². The lowest BCUT2D eigenvalue weighted by molar-refractivity contribution is -0.127. The van der Waals surface area contributed by atoms with Gasteiger partial charge in [-0.25, -0.2) is 5.01 Å². The number of amides is 2. The van der Waals surface area contributed by atoms with Gasteiger partial charge in [0.05, 0.1) is 18.7 Å². The van der Waals surface area contributed by atoms with Gasteiger partial charge < -0.3 is 9.64 Å². The van der Waals surface area contributed by atoms with Crippen molar-refractivity contribution in [3.05, 3.63) is 24.3 Å². The number of hydrogen-bond acceptors (Lipinski definition) is 5. The topological polar surface area (TPSA) is 65.1 Å². The van der Waals surface area contributed by atoms with E-state index in [0.29, 0.717) is 18.0 Å². The standard InChI is InChI=1S/C16H22N4O3/c1-18-7-9-19(10-8-18)17-15(21)12-20-13-4-2-3-5-14(13)23-11-6-16(20)22/h2-5H,6-12H2,1H3,(H,17,21). The molecule has 0 saturated carbocycles. The van der Waals surface area contributed by atoms with Gasteiger partial charge in [-0.1, -0.05) is 12.1 Å². The molecule has 2 amide bonds. The monoisotopic (exact) mass is 318 g/mol. The lowest BCUT2D eigenvalue weighted by Gasteiger charge is -2.33. The van der Waals surface area contributed by atoms with E-state index in [0.717, 1.165) is 26.2 Å². The number of carbonyl (C=O) groups excluding carboxylic acids is 2. The molecule has 2 aliphatic heterocycles. The van der Waals surface area contributed by atoms with Crippen LogP contribution in [0.15, 0.2) is 24.3 Å². The second-order valence-electron chi connectivity index (χ2n) is 5.87. The zero-order valence-corrected chi connectivity index (χ0v) is 13.3. The fourth-order valence-corrected chi connectivity index (χ4v) is 2.77. The summed E-state index contributed by atoms with van der Waals surface area (Å²) >= 11 is 0. The third-order valence-electron chi connectivity index (χ3n) is 4.12. The van der Waals surface area contributed by atoms with Crippen LogP contribution < -0.4 is 15.1 Å². The highest BCUT2D eigenvalue weighted by atomic mass is 16.5. The molecule has 0 unspecified atom stereocenters. The normalized spacial score (nSPS) is 19.7. The minimum atomic E-state index is -0.181. The molecule has 2 heterocycles. The molecule has 1 aromatic carbocycles. The quantitative estimate of drug-likeness (QED) is 0.855. The Morgan fingerprint density at radius 1 is 1.22 bits per heavy atom. The van der Waals surface area contributed by atoms with E-state index in [-0.39, 0.29) is 24.8 Å². The number of fused-ring (bicyclic) bond motifs is 1. The molecular formula is C16H22N4O3. The number of ether oxygens (including phenoxy) is 1. The fraction of sp³-hybridized carbons (Fsp3) is 0.500. The molecule has 0 bridgehead atoms. The number of nitrogens with zero attached hydrogens (tertiary/aromatic N) is 3. The lowest BCUT2D eigenvalue weighted by atomic mass is 10.2. The van der Waals surface area contributed by atoms with Gasteiger partial charge in [0.25, 0.3) is 5.91 Å². The van der Waals surface area contributed by atoms with Crippen LogP contribution in [0.5, 0.6) is 5.75 Å². The first-order valence-electron chi connectivity index (χ1n) is 7.88. The van der Waals surface area contributed by atoms with Crippen molar-refractivity contribution in [3.8, 4) is 5.75 Å². The van der Waals surface area contributed by atoms with E-state index in [9.17, 15) is 9.59 Å². The summed E-state index contributed by atoms with van der Waals surface area (Å²) in [4.78, 5) is 28.3. The molecule has 0 aromatic heterocycles. The molecule has 7 heteroatoms. The van der Waals surface area contributed by atoms with Gasteiger partial charge in [-0.05, 0) is 19.2 Å². The van der Waals surface area contributed by atoms with Crippen molar-refractivity contribution >= 4 is 17.5 Å². The first kappa shape index (κ1) is 15.8. The van der Waals surface area contributed by atoms with Crippen molar-refractivity contribution < 1.29 is 14.3 Å². The third kappa shape index (κ3) is 3.80. The Hall–Kier alpha value is -2.12. The maximum atomic E-state index is 12.3. The summed E-state index contributed by atoms with van der Waals surface area (Å²) in [5.41, 5.74) is 3.55. The Morgan fingerprint density at radius 3 is 2.74 bits per heavy atom. The third-order valence-corrected chi connectivity index (χ3v) is 4.12. The van der Waals surface area contributed by atoms with Crippen LogP contribution in [0.25, 0.3) is 0 Å². The van der Waals surface area contributed by atoms with Gasteiger partial charge in [0.2, 0.25) is 5.91 Å². The number of piperazine rings is 1. The summed E-state index contributed by atoms with van der Waals surface area (Å²) in [7, 11) is 2.06. The molecule has 7 nitrogen and oxygen atoms in total. The number of hydrogen-bond donors (Lipinski definition) is 1. The van der Waals surface area contributed by atoms with E-state index in [4.69, 9.17) is 4.74 Å². The molecule has 1 aromatic rings. The highest BCUT2D eigenvalue weighted by Crippen LogP contribution is 2.30. The first-order chi connectivity index (χ1) is 11.1. The summed E-state index contributed by atoms with van der Waals surface area (Å²) in [5, 5.41) is 1.91. The van der Waals surface area contributed by atoms with Crippen molar-refractivity contribution in [1.82, 2.24) is 15.3 Å². The maximum absolute atomic E-state index is 12.3. The van der Waals surface area contributed by atoms with Crippen LogP contribution in [0.3, 0.4) is 0 Å². The van der Waals surface area contributed by atoms with Crippen LogP contribution in [0, 0.1) is 0 Å². The Labute approximate surface area is 135 Å². The van der Waals surface area contributed by atoms with Crippen LogP contribution in [0.1, 0.15) is 6.42 Å². The first-order valence-corrected chi connectivity index (χ1v) is 7.88. The second kappa shape index (κ2) is 6.97. The minimum absolute atomic E-state index is 0.00550. The number of carbonyl (C=O) groups is 2. The van der Waals surface area contributed by atoms with Crippen molar-refractivity contribution in [2.45, 2.75) is 6.42 Å². The summed E-state index contributed by atoms with van der Waals surface area (Å²) in [6.45, 7) is 3.75. The molecule has 0 spiro atoms. The van der Waals surface area contributed by atoms with Crippen LogP contribution >= 0.6 is 0 Å². The van der Waals surface area contributed by atoms with Gasteiger partial charge in [0.15, 0.2) is 0 Å². The highest BCUT2D eigenvalue weighted by molar-refractivity contribution is 6.00. The zero-order valence-electron chi connectivity index (χ0n) is 13.3. The summed E-state index contributed by atoms with van der Waals surface area (Å²) in [5.74, 6) is 0.369. The van der Waals surface area contributed by atoms with Crippen LogP contribution in [-0.4, -0.2) is 68.1 Å². The number of para-hydroxylation sites is 2. The number of benzene rings is 1. The Morgan fingerprint density at radius 2 is 1.96 bits per heavy atom. The maximum Gasteiger partial charge on any atom is 0.254 e. The minimum Gasteiger partial charge on any atom is -0.491 e. The van der Waals surface area contributed by atoms with Crippen LogP contribution in [0.2, 0.25) is 0 Å². The number of nitrogens with one attached hydrogen (secondary N) is 1. The summed E-state index contributed by atoms with van der Waals surface area (Å²) < 4.78 is 5.58.